The van der Waals surface area contributed by atoms with Crippen molar-refractivity contribution < 1.29 is 9.59 Å². The van der Waals surface area contributed by atoms with Crippen LogP contribution in [-0.4, -0.2) is 42.4 Å². The molecule has 0 radical (unpaired) electrons. The predicted molar refractivity (Wildman–Crippen MR) is 66.3 cm³/mol. The molecule has 1 heterocycles. The maximum Gasteiger partial charge on any atom is 0.239 e. The van der Waals surface area contributed by atoms with E-state index in [0.29, 0.717) is 13.0 Å². The van der Waals surface area contributed by atoms with Crippen LogP contribution in [0.15, 0.2) is 0 Å². The van der Waals surface area contributed by atoms with E-state index in [-0.39, 0.29) is 17.9 Å². The average molecular weight is 241 g/mol. The molecule has 2 amide bonds. The van der Waals surface area contributed by atoms with Gasteiger partial charge in [-0.2, -0.15) is 0 Å². The predicted octanol–water partition coefficient (Wildman–Crippen LogP) is 0.243. The molecule has 0 aromatic carbocycles. The molecule has 0 bridgehead atoms. The third-order valence-electron chi connectivity index (χ3n) is 3.05. The van der Waals surface area contributed by atoms with Gasteiger partial charge in [-0.25, -0.2) is 0 Å². The molecular weight excluding hydrogens is 218 g/mol. The number of nitrogens with zero attached hydrogens (tertiary/aromatic N) is 1. The Labute approximate surface area is 103 Å². The highest BCUT2D eigenvalue weighted by atomic mass is 16.2. The van der Waals surface area contributed by atoms with E-state index in [2.05, 4.69) is 5.32 Å². The van der Waals surface area contributed by atoms with Gasteiger partial charge in [0.15, 0.2) is 0 Å². The highest BCUT2D eigenvalue weighted by Crippen LogP contribution is 2.10. The molecule has 5 heteroatoms. The summed E-state index contributed by atoms with van der Waals surface area (Å²) in [5, 5.41) is 2.73. The summed E-state index contributed by atoms with van der Waals surface area (Å²) < 4.78 is 0. The molecule has 0 aliphatic carbocycles. The van der Waals surface area contributed by atoms with E-state index in [1.807, 2.05) is 4.90 Å². The summed E-state index contributed by atoms with van der Waals surface area (Å²) in [7, 11) is 0. The van der Waals surface area contributed by atoms with Gasteiger partial charge in [-0.15, -0.1) is 0 Å². The Bertz CT molecular complexity index is 262. The summed E-state index contributed by atoms with van der Waals surface area (Å²) in [6.45, 7) is 3.89. The minimum absolute atomic E-state index is 0.0116. The molecule has 1 saturated heterocycles. The third-order valence-corrected chi connectivity index (χ3v) is 3.05. The van der Waals surface area contributed by atoms with Crippen molar-refractivity contribution in [2.75, 3.05) is 19.6 Å². The first kappa shape index (κ1) is 14.0. The van der Waals surface area contributed by atoms with Gasteiger partial charge in [0.2, 0.25) is 11.8 Å². The Morgan fingerprint density at radius 2 is 1.94 bits per heavy atom. The van der Waals surface area contributed by atoms with Crippen molar-refractivity contribution in [2.24, 2.45) is 5.73 Å². The van der Waals surface area contributed by atoms with Crippen molar-refractivity contribution in [2.45, 2.75) is 45.1 Å². The fourth-order valence-electron chi connectivity index (χ4n) is 2.05. The molecule has 1 unspecified atom stereocenters. The monoisotopic (exact) mass is 241 g/mol. The van der Waals surface area contributed by atoms with Crippen LogP contribution in [0.25, 0.3) is 0 Å². The third kappa shape index (κ3) is 5.17. The molecule has 0 aromatic rings. The first-order chi connectivity index (χ1) is 8.11. The Balaban J connectivity index is 2.09. The second kappa shape index (κ2) is 7.27. The van der Waals surface area contributed by atoms with Gasteiger partial charge in [-0.1, -0.05) is 0 Å². The van der Waals surface area contributed by atoms with E-state index < -0.39 is 0 Å². The highest BCUT2D eigenvalue weighted by molar-refractivity contribution is 5.81. The standard InChI is InChI=1S/C12H23N3O2/c1-10(16)14-7-3-2-6-11(13)12(17)15-8-4-5-9-15/h11H,2-9,13H2,1H3,(H,14,16). The second-order valence-corrected chi connectivity index (χ2v) is 4.62. The number of nitrogens with two attached hydrogens (primary N) is 1. The lowest BCUT2D eigenvalue weighted by molar-refractivity contribution is -0.131. The van der Waals surface area contributed by atoms with Crippen LogP contribution >= 0.6 is 0 Å². The molecule has 1 aliphatic heterocycles. The fraction of sp³-hybridized carbons (Fsp3) is 0.833. The number of hydrogen-bond donors (Lipinski definition) is 2. The molecular formula is C12H23N3O2. The van der Waals surface area contributed by atoms with E-state index in [0.717, 1.165) is 38.8 Å². The van der Waals surface area contributed by atoms with E-state index in [1.54, 1.807) is 0 Å². The lowest BCUT2D eigenvalue weighted by Gasteiger charge is -2.20. The molecule has 3 N–H and O–H groups in total. The molecule has 17 heavy (non-hydrogen) atoms. The number of amides is 2. The summed E-state index contributed by atoms with van der Waals surface area (Å²) in [6, 6.07) is -0.370. The number of rotatable bonds is 6. The van der Waals surface area contributed by atoms with Crippen LogP contribution in [0.5, 0.6) is 0 Å². The minimum Gasteiger partial charge on any atom is -0.356 e. The van der Waals surface area contributed by atoms with Crippen LogP contribution < -0.4 is 11.1 Å². The molecule has 1 fully saturated rings. The van der Waals surface area contributed by atoms with Crippen LogP contribution in [0, 0.1) is 0 Å². The molecule has 5 nitrogen and oxygen atoms in total. The van der Waals surface area contributed by atoms with Crippen molar-refractivity contribution in [1.82, 2.24) is 10.2 Å². The first-order valence-corrected chi connectivity index (χ1v) is 6.40. The van der Waals surface area contributed by atoms with E-state index in [1.165, 1.54) is 6.92 Å². The SMILES string of the molecule is CC(=O)NCCCCC(N)C(=O)N1CCCC1. The summed E-state index contributed by atoms with van der Waals surface area (Å²) in [6.07, 6.45) is 4.65. The number of likely N-dealkylation sites (tertiary alicyclic amines) is 1. The summed E-state index contributed by atoms with van der Waals surface area (Å²) >= 11 is 0. The Morgan fingerprint density at radius 3 is 2.53 bits per heavy atom. The smallest absolute Gasteiger partial charge is 0.239 e. The van der Waals surface area contributed by atoms with Crippen LogP contribution in [-0.2, 0) is 9.59 Å². The van der Waals surface area contributed by atoms with Gasteiger partial charge in [0, 0.05) is 26.6 Å². The summed E-state index contributed by atoms with van der Waals surface area (Å²) in [5.74, 6) is 0.0736. The fourth-order valence-corrected chi connectivity index (χ4v) is 2.05. The lowest BCUT2D eigenvalue weighted by Crippen LogP contribution is -2.42. The Morgan fingerprint density at radius 1 is 1.29 bits per heavy atom. The molecule has 1 rings (SSSR count). The molecule has 0 spiro atoms. The van der Waals surface area contributed by atoms with E-state index >= 15 is 0 Å². The van der Waals surface area contributed by atoms with Crippen molar-refractivity contribution in [1.29, 1.82) is 0 Å². The van der Waals surface area contributed by atoms with Gasteiger partial charge in [0.05, 0.1) is 6.04 Å². The Hall–Kier alpha value is -1.10. The number of carbonyl (C=O) groups excluding carboxylic acids is 2. The van der Waals surface area contributed by atoms with E-state index in [4.69, 9.17) is 5.73 Å². The molecule has 1 atom stereocenters. The summed E-state index contributed by atoms with van der Waals surface area (Å²) in [4.78, 5) is 24.3. The number of nitrogens with one attached hydrogen (secondary N) is 1. The number of unbranched alkanes of at least 4 members (excludes halogenated alkanes) is 1. The van der Waals surface area contributed by atoms with Crippen molar-refractivity contribution >= 4 is 11.8 Å². The van der Waals surface area contributed by atoms with Crippen LogP contribution in [0.3, 0.4) is 0 Å². The van der Waals surface area contributed by atoms with Gasteiger partial charge in [-0.05, 0) is 32.1 Å². The van der Waals surface area contributed by atoms with Crippen molar-refractivity contribution in [3.8, 4) is 0 Å². The van der Waals surface area contributed by atoms with Gasteiger partial charge in [-0.3, -0.25) is 9.59 Å². The van der Waals surface area contributed by atoms with Gasteiger partial charge < -0.3 is 16.0 Å². The van der Waals surface area contributed by atoms with Gasteiger partial charge in [0.25, 0.3) is 0 Å². The maximum atomic E-state index is 11.8. The van der Waals surface area contributed by atoms with Crippen LogP contribution in [0.4, 0.5) is 0 Å². The van der Waals surface area contributed by atoms with Crippen molar-refractivity contribution in [3.05, 3.63) is 0 Å². The number of carbonyl (C=O) groups is 2. The quantitative estimate of drug-likeness (QED) is 0.654. The van der Waals surface area contributed by atoms with Crippen LogP contribution in [0.1, 0.15) is 39.0 Å². The first-order valence-electron chi connectivity index (χ1n) is 6.40. The maximum absolute atomic E-state index is 11.8. The zero-order chi connectivity index (χ0) is 12.7. The van der Waals surface area contributed by atoms with E-state index in [9.17, 15) is 9.59 Å². The topological polar surface area (TPSA) is 75.4 Å². The highest BCUT2D eigenvalue weighted by Gasteiger charge is 2.22. The van der Waals surface area contributed by atoms with Crippen molar-refractivity contribution in [3.63, 3.8) is 0 Å². The zero-order valence-electron chi connectivity index (χ0n) is 10.6. The molecule has 0 aromatic heterocycles. The molecule has 0 saturated carbocycles. The number of hydrogen-bond acceptors (Lipinski definition) is 3. The van der Waals surface area contributed by atoms with Gasteiger partial charge >= 0.3 is 0 Å². The second-order valence-electron chi connectivity index (χ2n) is 4.62. The Kier molecular flexibility index (Phi) is 5.97. The lowest BCUT2D eigenvalue weighted by atomic mass is 10.1. The molecule has 1 aliphatic rings. The normalized spacial score (nSPS) is 16.9. The molecule has 98 valence electrons. The minimum atomic E-state index is -0.370. The van der Waals surface area contributed by atoms with Crippen LogP contribution in [0.2, 0.25) is 0 Å². The average Bonchev–Trinajstić information content (AvgIpc) is 2.80. The zero-order valence-corrected chi connectivity index (χ0v) is 10.6. The van der Waals surface area contributed by atoms with Gasteiger partial charge in [0.1, 0.15) is 0 Å². The summed E-state index contributed by atoms with van der Waals surface area (Å²) in [5.41, 5.74) is 5.86. The largest absolute Gasteiger partial charge is 0.356 e.